The molecule has 1 N–H and O–H groups in total. The molecule has 23 heavy (non-hydrogen) atoms. The van der Waals surface area contributed by atoms with E-state index in [0.717, 1.165) is 6.42 Å². The molecular weight excluding hydrogens is 318 g/mol. The number of hydrogen-bond acceptors (Lipinski definition) is 4. The van der Waals surface area contributed by atoms with Crippen LogP contribution in [-0.4, -0.2) is 49.1 Å². The third-order valence-electron chi connectivity index (χ3n) is 4.84. The number of carbonyl (C=O) groups is 1. The van der Waals surface area contributed by atoms with Crippen LogP contribution in [0.3, 0.4) is 0 Å². The van der Waals surface area contributed by atoms with Gasteiger partial charge in [-0.1, -0.05) is 19.9 Å². The Hall–Kier alpha value is -1.44. The maximum absolute atomic E-state index is 13.2. The van der Waals surface area contributed by atoms with Crippen molar-refractivity contribution in [2.24, 2.45) is 0 Å². The number of nitrogens with zero attached hydrogens (tertiary/aromatic N) is 1. The summed E-state index contributed by atoms with van der Waals surface area (Å²) < 4.78 is 33.2. The summed E-state index contributed by atoms with van der Waals surface area (Å²) in [6.07, 6.45) is 1.49. The van der Waals surface area contributed by atoms with Gasteiger partial charge in [0.1, 0.15) is 0 Å². The SMILES string of the molecule is CC(C)c1ccc(C(=O)O)cc1S(=O)(=O)N1CCC12CCOC2. The molecule has 2 aliphatic rings. The van der Waals surface area contributed by atoms with Crippen LogP contribution in [0.5, 0.6) is 0 Å². The average Bonchev–Trinajstić information content (AvgIpc) is 2.96. The van der Waals surface area contributed by atoms with Gasteiger partial charge in [0.2, 0.25) is 10.0 Å². The fourth-order valence-corrected chi connectivity index (χ4v) is 5.56. The molecule has 1 aromatic rings. The van der Waals surface area contributed by atoms with Gasteiger partial charge in [0.05, 0.1) is 22.6 Å². The summed E-state index contributed by atoms with van der Waals surface area (Å²) in [6, 6.07) is 4.36. The zero-order valence-electron chi connectivity index (χ0n) is 13.3. The van der Waals surface area contributed by atoms with Crippen LogP contribution in [0.15, 0.2) is 23.1 Å². The molecule has 0 aromatic heterocycles. The molecule has 1 unspecified atom stereocenters. The van der Waals surface area contributed by atoms with Gasteiger partial charge in [-0.3, -0.25) is 0 Å². The zero-order chi connectivity index (χ0) is 16.8. The first-order valence-electron chi connectivity index (χ1n) is 7.76. The van der Waals surface area contributed by atoms with E-state index < -0.39 is 21.5 Å². The highest BCUT2D eigenvalue weighted by Crippen LogP contribution is 2.43. The number of carboxylic acid groups (broad SMARTS) is 1. The van der Waals surface area contributed by atoms with Crippen LogP contribution in [0.1, 0.15) is 48.5 Å². The number of benzene rings is 1. The summed E-state index contributed by atoms with van der Waals surface area (Å²) in [5.74, 6) is -1.14. The van der Waals surface area contributed by atoms with E-state index in [0.29, 0.717) is 31.7 Å². The lowest BCUT2D eigenvalue weighted by molar-refractivity contribution is 0.0525. The summed E-state index contributed by atoms with van der Waals surface area (Å²) in [7, 11) is -3.74. The molecule has 2 fully saturated rings. The monoisotopic (exact) mass is 339 g/mol. The van der Waals surface area contributed by atoms with Gasteiger partial charge in [-0.05, 0) is 36.5 Å². The standard InChI is InChI=1S/C16H21NO5S/c1-11(2)13-4-3-12(15(18)19)9-14(13)23(20,21)17-7-5-16(17)6-8-22-10-16/h3-4,9,11H,5-8,10H2,1-2H3,(H,18,19). The molecule has 0 radical (unpaired) electrons. The van der Waals surface area contributed by atoms with Gasteiger partial charge in [0.15, 0.2) is 0 Å². The highest BCUT2D eigenvalue weighted by molar-refractivity contribution is 7.89. The highest BCUT2D eigenvalue weighted by atomic mass is 32.2. The summed E-state index contributed by atoms with van der Waals surface area (Å²) in [6.45, 7) is 5.25. The zero-order valence-corrected chi connectivity index (χ0v) is 14.1. The fourth-order valence-electron chi connectivity index (χ4n) is 3.37. The smallest absolute Gasteiger partial charge is 0.335 e. The Labute approximate surface area is 136 Å². The first-order valence-corrected chi connectivity index (χ1v) is 9.20. The topological polar surface area (TPSA) is 83.9 Å². The minimum Gasteiger partial charge on any atom is -0.478 e. The van der Waals surface area contributed by atoms with Crippen molar-refractivity contribution in [1.29, 1.82) is 0 Å². The Morgan fingerprint density at radius 3 is 2.57 bits per heavy atom. The van der Waals surface area contributed by atoms with Crippen molar-refractivity contribution in [3.8, 4) is 0 Å². The Kier molecular flexibility index (Phi) is 3.98. The molecule has 0 aliphatic carbocycles. The van der Waals surface area contributed by atoms with Crippen LogP contribution in [0.4, 0.5) is 0 Å². The minimum absolute atomic E-state index is 0.00906. The van der Waals surface area contributed by atoms with Crippen molar-refractivity contribution in [2.75, 3.05) is 19.8 Å². The third-order valence-corrected chi connectivity index (χ3v) is 6.90. The van der Waals surface area contributed by atoms with Crippen LogP contribution < -0.4 is 0 Å². The Bertz CT molecular complexity index is 735. The molecule has 0 amide bonds. The number of hydrogen-bond donors (Lipinski definition) is 1. The lowest BCUT2D eigenvalue weighted by Gasteiger charge is -2.48. The van der Waals surface area contributed by atoms with Crippen molar-refractivity contribution in [1.82, 2.24) is 4.31 Å². The minimum atomic E-state index is -3.74. The van der Waals surface area contributed by atoms with E-state index in [-0.39, 0.29) is 16.4 Å². The molecule has 2 aliphatic heterocycles. The number of sulfonamides is 1. The first kappa shape index (κ1) is 16.4. The number of ether oxygens (including phenoxy) is 1. The quantitative estimate of drug-likeness (QED) is 0.908. The number of aromatic carboxylic acids is 1. The van der Waals surface area contributed by atoms with E-state index in [4.69, 9.17) is 4.74 Å². The van der Waals surface area contributed by atoms with E-state index in [1.54, 1.807) is 6.07 Å². The second-order valence-electron chi connectivity index (χ2n) is 6.57. The maximum Gasteiger partial charge on any atom is 0.335 e. The normalized spacial score (nSPS) is 25.0. The van der Waals surface area contributed by atoms with Gasteiger partial charge in [0, 0.05) is 13.2 Å². The van der Waals surface area contributed by atoms with Crippen molar-refractivity contribution >= 4 is 16.0 Å². The van der Waals surface area contributed by atoms with Crippen molar-refractivity contribution in [2.45, 2.75) is 43.0 Å². The molecule has 1 atom stereocenters. The molecule has 1 aromatic carbocycles. The van der Waals surface area contributed by atoms with E-state index in [1.165, 1.54) is 16.4 Å². The van der Waals surface area contributed by atoms with Gasteiger partial charge in [-0.25, -0.2) is 13.2 Å². The third kappa shape index (κ3) is 2.56. The van der Waals surface area contributed by atoms with Crippen molar-refractivity contribution < 1.29 is 23.1 Å². The molecule has 1 spiro atoms. The molecule has 7 heteroatoms. The molecule has 126 valence electrons. The molecule has 0 saturated carbocycles. The van der Waals surface area contributed by atoms with Crippen LogP contribution in [0.2, 0.25) is 0 Å². The predicted octanol–water partition coefficient (Wildman–Crippen LogP) is 2.06. The lowest BCUT2D eigenvalue weighted by Crippen LogP contribution is -2.62. The van der Waals surface area contributed by atoms with Gasteiger partial charge >= 0.3 is 5.97 Å². The summed E-state index contributed by atoms with van der Waals surface area (Å²) in [5.41, 5.74) is 0.202. The van der Waals surface area contributed by atoms with Crippen LogP contribution in [0.25, 0.3) is 0 Å². The Morgan fingerprint density at radius 2 is 2.09 bits per heavy atom. The first-order chi connectivity index (χ1) is 10.8. The maximum atomic E-state index is 13.2. The van der Waals surface area contributed by atoms with Crippen LogP contribution in [-0.2, 0) is 14.8 Å². The molecule has 2 heterocycles. The van der Waals surface area contributed by atoms with Gasteiger partial charge in [-0.2, -0.15) is 4.31 Å². The molecule has 3 rings (SSSR count). The summed E-state index contributed by atoms with van der Waals surface area (Å²) in [5, 5.41) is 9.19. The number of rotatable bonds is 4. The Balaban J connectivity index is 2.08. The van der Waals surface area contributed by atoms with E-state index in [2.05, 4.69) is 0 Å². The fraction of sp³-hybridized carbons (Fsp3) is 0.562. The van der Waals surface area contributed by atoms with Crippen LogP contribution in [0, 0.1) is 0 Å². The summed E-state index contributed by atoms with van der Waals surface area (Å²) in [4.78, 5) is 11.3. The van der Waals surface area contributed by atoms with Gasteiger partial charge < -0.3 is 9.84 Å². The Morgan fingerprint density at radius 1 is 1.35 bits per heavy atom. The van der Waals surface area contributed by atoms with Gasteiger partial charge in [0.25, 0.3) is 0 Å². The second kappa shape index (κ2) is 5.58. The molecular formula is C16H21NO5S. The summed E-state index contributed by atoms with van der Waals surface area (Å²) >= 11 is 0. The largest absolute Gasteiger partial charge is 0.478 e. The second-order valence-corrected chi connectivity index (χ2v) is 8.40. The van der Waals surface area contributed by atoms with E-state index in [1.807, 2.05) is 13.8 Å². The molecule has 0 bridgehead atoms. The molecule has 6 nitrogen and oxygen atoms in total. The highest BCUT2D eigenvalue weighted by Gasteiger charge is 2.53. The van der Waals surface area contributed by atoms with Gasteiger partial charge in [-0.15, -0.1) is 0 Å². The predicted molar refractivity (Wildman–Crippen MR) is 84.2 cm³/mol. The number of carboxylic acids is 1. The van der Waals surface area contributed by atoms with E-state index >= 15 is 0 Å². The van der Waals surface area contributed by atoms with Crippen molar-refractivity contribution in [3.05, 3.63) is 29.3 Å². The lowest BCUT2D eigenvalue weighted by atomic mass is 9.87. The van der Waals surface area contributed by atoms with E-state index in [9.17, 15) is 18.3 Å². The average molecular weight is 339 g/mol. The van der Waals surface area contributed by atoms with Crippen LogP contribution >= 0.6 is 0 Å². The van der Waals surface area contributed by atoms with Crippen molar-refractivity contribution in [3.63, 3.8) is 0 Å². The molecule has 2 saturated heterocycles.